The number of hydrogen-bond acceptors (Lipinski definition) is 4. The Balaban J connectivity index is 2.24. The minimum Gasteiger partial charge on any atom is -0.325 e. The van der Waals surface area contributed by atoms with E-state index in [0.29, 0.717) is 25.2 Å². The lowest BCUT2D eigenvalue weighted by Gasteiger charge is -2.18. The molecule has 1 amide bonds. The summed E-state index contributed by atoms with van der Waals surface area (Å²) >= 11 is 6.06. The van der Waals surface area contributed by atoms with Crippen molar-refractivity contribution >= 4 is 33.2 Å². The maximum Gasteiger partial charge on any atom is 0.244 e. The number of carbonyl (C=O) groups is 1. The lowest BCUT2D eigenvalue weighted by atomic mass is 10.1. The van der Waals surface area contributed by atoms with E-state index in [-0.39, 0.29) is 15.8 Å². The third-order valence-corrected chi connectivity index (χ3v) is 6.20. The lowest BCUT2D eigenvalue weighted by molar-refractivity contribution is -0.117. The van der Waals surface area contributed by atoms with Gasteiger partial charge in [-0.05, 0) is 37.5 Å². The fourth-order valence-electron chi connectivity index (χ4n) is 2.52. The van der Waals surface area contributed by atoms with Crippen molar-refractivity contribution in [3.63, 3.8) is 0 Å². The zero-order valence-electron chi connectivity index (χ0n) is 13.1. The predicted molar refractivity (Wildman–Crippen MR) is 91.0 cm³/mol. The van der Waals surface area contributed by atoms with Gasteiger partial charge in [0.2, 0.25) is 15.9 Å². The summed E-state index contributed by atoms with van der Waals surface area (Å²) in [6.45, 7) is 2.93. The normalized spacial score (nSPS) is 17.2. The van der Waals surface area contributed by atoms with Crippen LogP contribution < -0.4 is 11.1 Å². The smallest absolute Gasteiger partial charge is 0.244 e. The average molecular weight is 360 g/mol. The molecule has 0 aromatic heterocycles. The zero-order valence-corrected chi connectivity index (χ0v) is 14.7. The molecule has 23 heavy (non-hydrogen) atoms. The third-order valence-electron chi connectivity index (χ3n) is 3.82. The summed E-state index contributed by atoms with van der Waals surface area (Å²) in [5.41, 5.74) is 6.14. The topological polar surface area (TPSA) is 92.5 Å². The number of nitrogens with one attached hydrogen (secondary N) is 1. The van der Waals surface area contributed by atoms with Crippen LogP contribution in [0.2, 0.25) is 5.02 Å². The molecule has 6 nitrogen and oxygen atoms in total. The summed E-state index contributed by atoms with van der Waals surface area (Å²) in [5.74, 6) is -0.335. The highest BCUT2D eigenvalue weighted by Gasteiger charge is 2.29. The molecule has 8 heteroatoms. The maximum atomic E-state index is 12.6. The molecule has 0 spiro atoms. The van der Waals surface area contributed by atoms with Crippen molar-refractivity contribution in [2.45, 2.75) is 43.5 Å². The van der Waals surface area contributed by atoms with Gasteiger partial charge in [0.05, 0.1) is 11.1 Å². The summed E-state index contributed by atoms with van der Waals surface area (Å²) < 4.78 is 26.7. The molecule has 0 radical (unpaired) electrons. The molecule has 0 bridgehead atoms. The van der Waals surface area contributed by atoms with Gasteiger partial charge in [-0.25, -0.2) is 8.42 Å². The number of halogens is 1. The Hall–Kier alpha value is -1.15. The highest BCUT2D eigenvalue weighted by atomic mass is 35.5. The van der Waals surface area contributed by atoms with Gasteiger partial charge in [0.25, 0.3) is 0 Å². The van der Waals surface area contributed by atoms with Crippen LogP contribution in [-0.2, 0) is 14.8 Å². The van der Waals surface area contributed by atoms with Gasteiger partial charge < -0.3 is 11.1 Å². The first-order chi connectivity index (χ1) is 10.9. The van der Waals surface area contributed by atoms with Crippen LogP contribution in [0, 0.1) is 0 Å². The molecule has 128 valence electrons. The molecule has 1 aromatic rings. The molecule has 3 N–H and O–H groups in total. The summed E-state index contributed by atoms with van der Waals surface area (Å²) in [6, 6.07) is 3.83. The fraction of sp³-hybridized carbons (Fsp3) is 0.533. The van der Waals surface area contributed by atoms with Crippen LogP contribution in [0.4, 0.5) is 5.69 Å². The van der Waals surface area contributed by atoms with Gasteiger partial charge >= 0.3 is 0 Å². The van der Waals surface area contributed by atoms with E-state index < -0.39 is 16.1 Å². The second kappa shape index (κ2) is 7.61. The Morgan fingerprint density at radius 1 is 1.39 bits per heavy atom. The third kappa shape index (κ3) is 4.23. The van der Waals surface area contributed by atoms with Crippen molar-refractivity contribution in [3.05, 3.63) is 23.2 Å². The first kappa shape index (κ1) is 18.2. The number of hydrogen-bond donors (Lipinski definition) is 2. The summed E-state index contributed by atoms with van der Waals surface area (Å²) in [5, 5.41) is 2.80. The van der Waals surface area contributed by atoms with Gasteiger partial charge in [-0.15, -0.1) is 0 Å². The zero-order chi connectivity index (χ0) is 17.0. The van der Waals surface area contributed by atoms with Gasteiger partial charge in [0, 0.05) is 18.8 Å². The van der Waals surface area contributed by atoms with Crippen LogP contribution in [0.3, 0.4) is 0 Å². The minimum atomic E-state index is -3.64. The number of rotatable bonds is 6. The average Bonchev–Trinajstić information content (AvgIpc) is 3.04. The monoisotopic (exact) mass is 359 g/mol. The molecule has 1 fully saturated rings. The number of amides is 1. The predicted octanol–water partition coefficient (Wildman–Crippen LogP) is 2.19. The van der Waals surface area contributed by atoms with Crippen LogP contribution >= 0.6 is 11.6 Å². The van der Waals surface area contributed by atoms with Crippen molar-refractivity contribution < 1.29 is 13.2 Å². The SMILES string of the molecule is CCCC(N)C(=O)Nc1ccc(Cl)c(S(=O)(=O)N2CCCC2)c1. The number of benzene rings is 1. The van der Waals surface area contributed by atoms with E-state index in [2.05, 4.69) is 5.32 Å². The van der Waals surface area contributed by atoms with Crippen molar-refractivity contribution in [1.29, 1.82) is 0 Å². The Morgan fingerprint density at radius 3 is 2.65 bits per heavy atom. The van der Waals surface area contributed by atoms with Gasteiger partial charge in [0.1, 0.15) is 4.90 Å². The number of nitrogens with two attached hydrogens (primary N) is 1. The fourth-order valence-corrected chi connectivity index (χ4v) is 4.54. The van der Waals surface area contributed by atoms with E-state index >= 15 is 0 Å². The van der Waals surface area contributed by atoms with Gasteiger partial charge in [-0.1, -0.05) is 24.9 Å². The summed E-state index contributed by atoms with van der Waals surface area (Å²) in [4.78, 5) is 12.0. The van der Waals surface area contributed by atoms with Crippen LogP contribution in [0.5, 0.6) is 0 Å². The van der Waals surface area contributed by atoms with Gasteiger partial charge in [-0.3, -0.25) is 4.79 Å². The van der Waals surface area contributed by atoms with Crippen molar-refractivity contribution in [1.82, 2.24) is 4.31 Å². The van der Waals surface area contributed by atoms with Crippen LogP contribution in [0.25, 0.3) is 0 Å². The lowest BCUT2D eigenvalue weighted by Crippen LogP contribution is -2.35. The first-order valence-electron chi connectivity index (χ1n) is 7.72. The molecule has 1 saturated heterocycles. The maximum absolute atomic E-state index is 12.6. The van der Waals surface area contributed by atoms with Crippen molar-refractivity contribution in [2.75, 3.05) is 18.4 Å². The summed E-state index contributed by atoms with van der Waals surface area (Å²) in [6.07, 6.45) is 3.06. The van der Waals surface area contributed by atoms with Crippen LogP contribution in [0.15, 0.2) is 23.1 Å². The molecule has 0 saturated carbocycles. The molecule has 1 heterocycles. The molecular formula is C15H22ClN3O3S. The molecule has 1 aliphatic heterocycles. The molecule has 0 aliphatic carbocycles. The Labute approximate surface area is 142 Å². The van der Waals surface area contributed by atoms with E-state index in [0.717, 1.165) is 19.3 Å². The van der Waals surface area contributed by atoms with Crippen LogP contribution in [-0.4, -0.2) is 37.8 Å². The molecule has 1 aromatic carbocycles. The van der Waals surface area contributed by atoms with E-state index in [9.17, 15) is 13.2 Å². The summed E-state index contributed by atoms with van der Waals surface area (Å²) in [7, 11) is -3.64. The van der Waals surface area contributed by atoms with Crippen LogP contribution in [0.1, 0.15) is 32.6 Å². The number of carbonyl (C=O) groups excluding carboxylic acids is 1. The first-order valence-corrected chi connectivity index (χ1v) is 9.54. The quantitative estimate of drug-likeness (QED) is 0.814. The highest BCUT2D eigenvalue weighted by molar-refractivity contribution is 7.89. The van der Waals surface area contributed by atoms with E-state index in [1.807, 2.05) is 6.92 Å². The van der Waals surface area contributed by atoms with E-state index in [1.54, 1.807) is 6.07 Å². The number of sulfonamides is 1. The highest BCUT2D eigenvalue weighted by Crippen LogP contribution is 2.29. The molecular weight excluding hydrogens is 338 g/mol. The van der Waals surface area contributed by atoms with Gasteiger partial charge in [0.15, 0.2) is 0 Å². The standard InChI is InChI=1S/C15H22ClN3O3S/c1-2-5-13(17)15(20)18-11-6-7-12(16)14(10-11)23(21,22)19-8-3-4-9-19/h6-7,10,13H,2-5,8-9,17H2,1H3,(H,18,20). The molecule has 1 unspecified atom stereocenters. The Bertz CT molecular complexity index is 673. The van der Waals surface area contributed by atoms with E-state index in [1.165, 1.54) is 16.4 Å². The van der Waals surface area contributed by atoms with E-state index in [4.69, 9.17) is 17.3 Å². The number of nitrogens with zero attached hydrogens (tertiary/aromatic N) is 1. The second-order valence-corrected chi connectivity index (χ2v) is 7.95. The Kier molecular flexibility index (Phi) is 6.02. The Morgan fingerprint density at radius 2 is 2.04 bits per heavy atom. The number of anilines is 1. The molecule has 1 atom stereocenters. The van der Waals surface area contributed by atoms with Gasteiger partial charge in [-0.2, -0.15) is 4.31 Å². The van der Waals surface area contributed by atoms with Crippen molar-refractivity contribution in [2.24, 2.45) is 5.73 Å². The second-order valence-electron chi connectivity index (χ2n) is 5.64. The largest absolute Gasteiger partial charge is 0.325 e. The molecule has 2 rings (SSSR count). The molecule has 1 aliphatic rings. The minimum absolute atomic E-state index is 0.0166. The van der Waals surface area contributed by atoms with Crippen molar-refractivity contribution in [3.8, 4) is 0 Å².